The van der Waals surface area contributed by atoms with Crippen molar-refractivity contribution in [1.29, 1.82) is 0 Å². The van der Waals surface area contributed by atoms with E-state index in [1.54, 1.807) is 12.4 Å². The molecule has 0 aliphatic carbocycles. The molecule has 7 nitrogen and oxygen atoms in total. The van der Waals surface area contributed by atoms with Crippen LogP contribution in [0, 0.1) is 0 Å². The van der Waals surface area contributed by atoms with E-state index < -0.39 is 0 Å². The highest BCUT2D eigenvalue weighted by atomic mass is 16.5. The minimum atomic E-state index is -0.161. The van der Waals surface area contributed by atoms with E-state index in [1.807, 2.05) is 49.1 Å². The fourth-order valence-corrected chi connectivity index (χ4v) is 3.74. The van der Waals surface area contributed by atoms with E-state index in [0.717, 1.165) is 41.0 Å². The molecule has 3 aromatic rings. The Morgan fingerprint density at radius 3 is 2.70 bits per heavy atom. The summed E-state index contributed by atoms with van der Waals surface area (Å²) in [6.45, 7) is 5.39. The van der Waals surface area contributed by atoms with Crippen molar-refractivity contribution < 1.29 is 9.53 Å². The van der Waals surface area contributed by atoms with Crippen molar-refractivity contribution in [2.45, 2.75) is 19.5 Å². The first kappa shape index (κ1) is 20.3. The molecule has 4 rings (SSSR count). The molecule has 156 valence electrons. The van der Waals surface area contributed by atoms with E-state index in [4.69, 9.17) is 4.74 Å². The third-order valence-corrected chi connectivity index (χ3v) is 5.46. The van der Waals surface area contributed by atoms with E-state index >= 15 is 0 Å². The molecule has 0 spiro atoms. The summed E-state index contributed by atoms with van der Waals surface area (Å²) < 4.78 is 7.20. The maximum Gasteiger partial charge on any atom is 0.237 e. The van der Waals surface area contributed by atoms with E-state index in [0.29, 0.717) is 19.8 Å². The number of carbonyl (C=O) groups is 1. The molecule has 1 atom stereocenters. The van der Waals surface area contributed by atoms with Crippen LogP contribution in [-0.4, -0.2) is 57.9 Å². The first-order valence-corrected chi connectivity index (χ1v) is 10.2. The maximum absolute atomic E-state index is 12.6. The minimum absolute atomic E-state index is 0.0395. The highest BCUT2D eigenvalue weighted by Crippen LogP contribution is 2.30. The monoisotopic (exact) mass is 405 g/mol. The molecule has 2 aromatic heterocycles. The molecule has 1 saturated heterocycles. The van der Waals surface area contributed by atoms with Gasteiger partial charge in [-0.1, -0.05) is 18.2 Å². The van der Waals surface area contributed by atoms with Crippen LogP contribution in [0.5, 0.6) is 0 Å². The Labute approximate surface area is 176 Å². The van der Waals surface area contributed by atoms with E-state index in [-0.39, 0.29) is 11.9 Å². The predicted octanol–water partition coefficient (Wildman–Crippen LogP) is 2.49. The molecule has 1 fully saturated rings. The maximum atomic E-state index is 12.6. The SMILES string of the molecule is C[C@@H](C(=O)NCc1cccc(-c2nn(C)cc2-c2ccncc2)c1)N1CCOCC1. The van der Waals surface area contributed by atoms with Crippen molar-refractivity contribution in [3.8, 4) is 22.4 Å². The Balaban J connectivity index is 1.48. The van der Waals surface area contributed by atoms with Gasteiger partial charge in [-0.3, -0.25) is 19.4 Å². The Morgan fingerprint density at radius 1 is 1.17 bits per heavy atom. The summed E-state index contributed by atoms with van der Waals surface area (Å²) in [5.41, 5.74) is 5.11. The zero-order valence-electron chi connectivity index (χ0n) is 17.4. The number of aromatic nitrogens is 3. The van der Waals surface area contributed by atoms with Gasteiger partial charge in [-0.2, -0.15) is 5.10 Å². The number of amides is 1. The average molecular weight is 406 g/mol. The van der Waals surface area contributed by atoms with Crippen LogP contribution >= 0.6 is 0 Å². The third kappa shape index (κ3) is 4.58. The number of hydrogen-bond donors (Lipinski definition) is 1. The van der Waals surface area contributed by atoms with Crippen LogP contribution in [0.25, 0.3) is 22.4 Å². The second-order valence-electron chi connectivity index (χ2n) is 7.54. The summed E-state index contributed by atoms with van der Waals surface area (Å²) in [4.78, 5) is 18.9. The number of rotatable bonds is 6. The molecule has 1 aromatic carbocycles. The summed E-state index contributed by atoms with van der Waals surface area (Å²) >= 11 is 0. The molecular weight excluding hydrogens is 378 g/mol. The summed E-state index contributed by atoms with van der Waals surface area (Å²) in [5, 5.41) is 7.74. The first-order chi connectivity index (χ1) is 14.6. The van der Waals surface area contributed by atoms with Gasteiger partial charge >= 0.3 is 0 Å². The van der Waals surface area contributed by atoms with Gasteiger partial charge in [0.25, 0.3) is 0 Å². The number of nitrogens with zero attached hydrogens (tertiary/aromatic N) is 4. The molecule has 0 bridgehead atoms. The zero-order valence-corrected chi connectivity index (χ0v) is 17.4. The average Bonchev–Trinajstić information content (AvgIpc) is 3.20. The quantitative estimate of drug-likeness (QED) is 0.682. The Morgan fingerprint density at radius 2 is 1.93 bits per heavy atom. The lowest BCUT2D eigenvalue weighted by molar-refractivity contribution is -0.127. The van der Waals surface area contributed by atoms with Crippen LogP contribution < -0.4 is 5.32 Å². The summed E-state index contributed by atoms with van der Waals surface area (Å²) in [6.07, 6.45) is 5.59. The van der Waals surface area contributed by atoms with Crippen molar-refractivity contribution in [2.24, 2.45) is 7.05 Å². The molecule has 3 heterocycles. The van der Waals surface area contributed by atoms with Gasteiger partial charge in [0, 0.05) is 56.4 Å². The molecule has 7 heteroatoms. The second-order valence-corrected chi connectivity index (χ2v) is 7.54. The number of hydrogen-bond acceptors (Lipinski definition) is 5. The lowest BCUT2D eigenvalue weighted by Crippen LogP contribution is -2.49. The lowest BCUT2D eigenvalue weighted by Gasteiger charge is -2.31. The number of carbonyl (C=O) groups excluding carboxylic acids is 1. The number of ether oxygens (including phenoxy) is 1. The third-order valence-electron chi connectivity index (χ3n) is 5.46. The second kappa shape index (κ2) is 9.19. The highest BCUT2D eigenvalue weighted by molar-refractivity contribution is 5.82. The fourth-order valence-electron chi connectivity index (χ4n) is 3.74. The van der Waals surface area contributed by atoms with Crippen LogP contribution in [0.4, 0.5) is 0 Å². The Hall–Kier alpha value is -3.03. The lowest BCUT2D eigenvalue weighted by atomic mass is 10.0. The van der Waals surface area contributed by atoms with Gasteiger partial charge in [-0.15, -0.1) is 0 Å². The largest absolute Gasteiger partial charge is 0.379 e. The van der Waals surface area contributed by atoms with Crippen molar-refractivity contribution >= 4 is 5.91 Å². The van der Waals surface area contributed by atoms with Gasteiger partial charge in [-0.25, -0.2) is 0 Å². The topological polar surface area (TPSA) is 72.3 Å². The fraction of sp³-hybridized carbons (Fsp3) is 0.348. The van der Waals surface area contributed by atoms with Gasteiger partial charge in [0.1, 0.15) is 5.69 Å². The predicted molar refractivity (Wildman–Crippen MR) is 116 cm³/mol. The van der Waals surface area contributed by atoms with E-state index in [9.17, 15) is 4.79 Å². The van der Waals surface area contributed by atoms with Gasteiger partial charge in [0.05, 0.1) is 19.3 Å². The molecule has 0 saturated carbocycles. The smallest absolute Gasteiger partial charge is 0.237 e. The molecule has 1 aliphatic rings. The van der Waals surface area contributed by atoms with Gasteiger partial charge < -0.3 is 10.1 Å². The number of pyridine rings is 1. The minimum Gasteiger partial charge on any atom is -0.379 e. The first-order valence-electron chi connectivity index (χ1n) is 10.2. The molecule has 1 aliphatic heterocycles. The highest BCUT2D eigenvalue weighted by Gasteiger charge is 2.22. The van der Waals surface area contributed by atoms with Crippen LogP contribution in [0.2, 0.25) is 0 Å². The summed E-state index contributed by atoms with van der Waals surface area (Å²) in [5.74, 6) is 0.0395. The van der Waals surface area contributed by atoms with Crippen molar-refractivity contribution in [3.63, 3.8) is 0 Å². The van der Waals surface area contributed by atoms with Gasteiger partial charge in [0.15, 0.2) is 0 Å². The summed E-state index contributed by atoms with van der Waals surface area (Å²) in [6, 6.07) is 12.0. The molecule has 0 radical (unpaired) electrons. The normalized spacial score (nSPS) is 15.7. The molecule has 0 unspecified atom stereocenters. The van der Waals surface area contributed by atoms with Crippen LogP contribution in [0.1, 0.15) is 12.5 Å². The number of morpholine rings is 1. The van der Waals surface area contributed by atoms with Crippen LogP contribution in [0.3, 0.4) is 0 Å². The standard InChI is InChI=1S/C23H27N5O2/c1-17(28-10-12-30-13-11-28)23(29)25-15-18-4-3-5-20(14-18)22-21(16-27(2)26-22)19-6-8-24-9-7-19/h3-9,14,16-17H,10-13,15H2,1-2H3,(H,25,29)/t17-/m0/s1. The molecule has 30 heavy (non-hydrogen) atoms. The van der Waals surface area contributed by atoms with Crippen LogP contribution in [-0.2, 0) is 23.1 Å². The van der Waals surface area contributed by atoms with Crippen LogP contribution in [0.15, 0.2) is 55.0 Å². The summed E-state index contributed by atoms with van der Waals surface area (Å²) in [7, 11) is 1.92. The molecular formula is C23H27N5O2. The van der Waals surface area contributed by atoms with Crippen molar-refractivity contribution in [1.82, 2.24) is 25.0 Å². The zero-order chi connectivity index (χ0) is 20.9. The van der Waals surface area contributed by atoms with Crippen molar-refractivity contribution in [2.75, 3.05) is 26.3 Å². The number of benzene rings is 1. The van der Waals surface area contributed by atoms with E-state index in [1.165, 1.54) is 0 Å². The Kier molecular flexibility index (Phi) is 6.21. The van der Waals surface area contributed by atoms with E-state index in [2.05, 4.69) is 32.4 Å². The number of aryl methyl sites for hydroxylation is 1. The van der Waals surface area contributed by atoms with Gasteiger partial charge in [-0.05, 0) is 36.2 Å². The molecule has 1 N–H and O–H groups in total. The Bertz CT molecular complexity index is 996. The molecule has 1 amide bonds. The van der Waals surface area contributed by atoms with Gasteiger partial charge in [0.2, 0.25) is 5.91 Å². The number of nitrogens with one attached hydrogen (secondary N) is 1. The van der Waals surface area contributed by atoms with Crippen molar-refractivity contribution in [3.05, 3.63) is 60.6 Å².